The summed E-state index contributed by atoms with van der Waals surface area (Å²) in [4.78, 5) is 11.7. The number of carbonyl (C=O) groups is 1. The first-order valence-corrected chi connectivity index (χ1v) is 4.16. The standard InChI is InChI=1S/C9H15N3O/c1-6-7(5-11-12(6)4)8(13)9(2,3)10/h5H,10H2,1-4H3. The van der Waals surface area contributed by atoms with E-state index in [2.05, 4.69) is 5.10 Å². The smallest absolute Gasteiger partial charge is 0.185 e. The van der Waals surface area contributed by atoms with Gasteiger partial charge in [-0.15, -0.1) is 0 Å². The number of rotatable bonds is 2. The number of ketones is 1. The highest BCUT2D eigenvalue weighted by Crippen LogP contribution is 2.13. The summed E-state index contributed by atoms with van der Waals surface area (Å²) in [6, 6.07) is 0. The van der Waals surface area contributed by atoms with Gasteiger partial charge in [-0.05, 0) is 20.8 Å². The fraction of sp³-hybridized carbons (Fsp3) is 0.556. The van der Waals surface area contributed by atoms with Crippen LogP contribution in [0.5, 0.6) is 0 Å². The minimum absolute atomic E-state index is 0.0712. The van der Waals surface area contributed by atoms with E-state index in [1.807, 2.05) is 6.92 Å². The molecule has 4 heteroatoms. The topological polar surface area (TPSA) is 60.9 Å². The van der Waals surface area contributed by atoms with E-state index in [-0.39, 0.29) is 5.78 Å². The molecule has 0 atom stereocenters. The van der Waals surface area contributed by atoms with Gasteiger partial charge in [0.05, 0.1) is 17.3 Å². The first kappa shape index (κ1) is 9.92. The van der Waals surface area contributed by atoms with Crippen molar-refractivity contribution >= 4 is 5.78 Å². The molecule has 0 amide bonds. The molecule has 0 spiro atoms. The molecule has 1 aromatic rings. The summed E-state index contributed by atoms with van der Waals surface area (Å²) < 4.78 is 1.67. The van der Waals surface area contributed by atoms with Crippen LogP contribution in [0, 0.1) is 6.92 Å². The van der Waals surface area contributed by atoms with Crippen LogP contribution >= 0.6 is 0 Å². The SMILES string of the molecule is Cc1c(C(=O)C(C)(C)N)cnn1C. The van der Waals surface area contributed by atoms with Crippen LogP contribution in [0.3, 0.4) is 0 Å². The summed E-state index contributed by atoms with van der Waals surface area (Å²) in [7, 11) is 1.80. The molecule has 0 aliphatic rings. The number of hydrogen-bond donors (Lipinski definition) is 1. The Morgan fingerprint density at radius 2 is 2.15 bits per heavy atom. The van der Waals surface area contributed by atoms with Gasteiger partial charge in [0.15, 0.2) is 5.78 Å². The third-order valence-electron chi connectivity index (χ3n) is 2.07. The predicted octanol–water partition coefficient (Wildman–Crippen LogP) is 0.649. The molecule has 1 aromatic heterocycles. The van der Waals surface area contributed by atoms with Crippen molar-refractivity contribution in [3.05, 3.63) is 17.5 Å². The van der Waals surface area contributed by atoms with E-state index in [0.29, 0.717) is 5.56 Å². The molecule has 0 fully saturated rings. The molecule has 13 heavy (non-hydrogen) atoms. The van der Waals surface area contributed by atoms with Crippen LogP contribution in [-0.2, 0) is 7.05 Å². The molecule has 72 valence electrons. The van der Waals surface area contributed by atoms with Crippen molar-refractivity contribution in [2.75, 3.05) is 0 Å². The zero-order valence-electron chi connectivity index (χ0n) is 8.46. The van der Waals surface area contributed by atoms with Gasteiger partial charge in [-0.3, -0.25) is 9.48 Å². The van der Waals surface area contributed by atoms with E-state index in [0.717, 1.165) is 5.69 Å². The number of nitrogens with zero attached hydrogens (tertiary/aromatic N) is 2. The van der Waals surface area contributed by atoms with Crippen LogP contribution in [0.15, 0.2) is 6.20 Å². The molecule has 0 radical (unpaired) electrons. The van der Waals surface area contributed by atoms with E-state index in [9.17, 15) is 4.79 Å². The number of aromatic nitrogens is 2. The van der Waals surface area contributed by atoms with Gasteiger partial charge in [-0.25, -0.2) is 0 Å². The van der Waals surface area contributed by atoms with Crippen LogP contribution in [0.25, 0.3) is 0 Å². The van der Waals surface area contributed by atoms with E-state index in [1.54, 1.807) is 31.8 Å². The fourth-order valence-corrected chi connectivity index (χ4v) is 1.07. The van der Waals surface area contributed by atoms with Crippen LogP contribution in [0.1, 0.15) is 29.9 Å². The number of aryl methyl sites for hydroxylation is 1. The Hall–Kier alpha value is -1.16. The third-order valence-corrected chi connectivity index (χ3v) is 2.07. The molecule has 2 N–H and O–H groups in total. The van der Waals surface area contributed by atoms with Crippen molar-refractivity contribution < 1.29 is 4.79 Å². The Kier molecular flexibility index (Phi) is 2.26. The molecular weight excluding hydrogens is 166 g/mol. The minimum Gasteiger partial charge on any atom is -0.319 e. The quantitative estimate of drug-likeness (QED) is 0.681. The average molecular weight is 181 g/mol. The monoisotopic (exact) mass is 181 g/mol. The van der Waals surface area contributed by atoms with E-state index >= 15 is 0 Å². The van der Waals surface area contributed by atoms with Crippen LogP contribution in [0.2, 0.25) is 0 Å². The minimum atomic E-state index is -0.826. The highest BCUT2D eigenvalue weighted by Gasteiger charge is 2.26. The first-order valence-electron chi connectivity index (χ1n) is 4.16. The molecule has 1 heterocycles. The second-order valence-corrected chi connectivity index (χ2v) is 3.82. The van der Waals surface area contributed by atoms with Crippen molar-refractivity contribution in [1.82, 2.24) is 9.78 Å². The molecule has 0 aromatic carbocycles. The van der Waals surface area contributed by atoms with Crippen LogP contribution in [-0.4, -0.2) is 21.1 Å². The highest BCUT2D eigenvalue weighted by atomic mass is 16.1. The molecule has 0 aliphatic carbocycles. The lowest BCUT2D eigenvalue weighted by atomic mass is 9.95. The first-order chi connectivity index (χ1) is 5.84. The zero-order valence-corrected chi connectivity index (χ0v) is 8.46. The van der Waals surface area contributed by atoms with Gasteiger partial charge in [0, 0.05) is 12.7 Å². The second kappa shape index (κ2) is 2.96. The van der Waals surface area contributed by atoms with Gasteiger partial charge in [-0.1, -0.05) is 0 Å². The van der Waals surface area contributed by atoms with Crippen molar-refractivity contribution in [2.24, 2.45) is 12.8 Å². The Labute approximate surface area is 77.7 Å². The van der Waals surface area contributed by atoms with Crippen molar-refractivity contribution in [3.8, 4) is 0 Å². The Bertz CT molecular complexity index is 333. The highest BCUT2D eigenvalue weighted by molar-refractivity contribution is 6.03. The van der Waals surface area contributed by atoms with Crippen molar-refractivity contribution in [2.45, 2.75) is 26.3 Å². The number of nitrogens with two attached hydrogens (primary N) is 1. The third kappa shape index (κ3) is 1.78. The zero-order chi connectivity index (χ0) is 10.2. The van der Waals surface area contributed by atoms with Gasteiger partial charge in [0.25, 0.3) is 0 Å². The summed E-state index contributed by atoms with van der Waals surface area (Å²) in [5.41, 5.74) is 6.33. The fourth-order valence-electron chi connectivity index (χ4n) is 1.07. The maximum absolute atomic E-state index is 11.7. The Morgan fingerprint density at radius 3 is 2.46 bits per heavy atom. The van der Waals surface area contributed by atoms with Gasteiger partial charge < -0.3 is 5.73 Å². The van der Waals surface area contributed by atoms with E-state index in [1.165, 1.54) is 0 Å². The average Bonchev–Trinajstić information content (AvgIpc) is 2.30. The largest absolute Gasteiger partial charge is 0.319 e. The Morgan fingerprint density at radius 1 is 1.62 bits per heavy atom. The summed E-state index contributed by atoms with van der Waals surface area (Å²) in [6.07, 6.45) is 1.56. The van der Waals surface area contributed by atoms with Gasteiger partial charge in [-0.2, -0.15) is 5.10 Å². The normalized spacial score (nSPS) is 11.8. The van der Waals surface area contributed by atoms with Gasteiger partial charge >= 0.3 is 0 Å². The molecule has 0 unspecified atom stereocenters. The lowest BCUT2D eigenvalue weighted by Gasteiger charge is -2.15. The van der Waals surface area contributed by atoms with Gasteiger partial charge in [0.1, 0.15) is 0 Å². The molecule has 0 saturated heterocycles. The van der Waals surface area contributed by atoms with E-state index in [4.69, 9.17) is 5.73 Å². The number of Topliss-reactive ketones (excluding diaryl/α,β-unsaturated/α-hetero) is 1. The number of hydrogen-bond acceptors (Lipinski definition) is 3. The van der Waals surface area contributed by atoms with E-state index < -0.39 is 5.54 Å². The molecule has 0 bridgehead atoms. The molecule has 4 nitrogen and oxygen atoms in total. The summed E-state index contributed by atoms with van der Waals surface area (Å²) in [5, 5.41) is 3.99. The van der Waals surface area contributed by atoms with Crippen molar-refractivity contribution in [1.29, 1.82) is 0 Å². The van der Waals surface area contributed by atoms with Gasteiger partial charge in [0.2, 0.25) is 0 Å². The molecule has 1 rings (SSSR count). The van der Waals surface area contributed by atoms with Crippen molar-refractivity contribution in [3.63, 3.8) is 0 Å². The van der Waals surface area contributed by atoms with Crippen LogP contribution < -0.4 is 5.73 Å². The second-order valence-electron chi connectivity index (χ2n) is 3.82. The van der Waals surface area contributed by atoms with Crippen LogP contribution in [0.4, 0.5) is 0 Å². The number of carbonyl (C=O) groups excluding carboxylic acids is 1. The maximum Gasteiger partial charge on any atom is 0.185 e. The summed E-state index contributed by atoms with van der Waals surface area (Å²) in [6.45, 7) is 5.25. The summed E-state index contributed by atoms with van der Waals surface area (Å²) >= 11 is 0. The lowest BCUT2D eigenvalue weighted by Crippen LogP contribution is -2.41. The molecule has 0 aliphatic heterocycles. The molecule has 0 saturated carbocycles. The maximum atomic E-state index is 11.7. The molecular formula is C9H15N3O. The summed E-state index contributed by atoms with van der Waals surface area (Å²) in [5.74, 6) is -0.0712. The Balaban J connectivity index is 3.10. The predicted molar refractivity (Wildman–Crippen MR) is 50.5 cm³/mol. The lowest BCUT2D eigenvalue weighted by molar-refractivity contribution is 0.0913.